The van der Waals surface area contributed by atoms with Crippen molar-refractivity contribution in [3.63, 3.8) is 0 Å². The quantitative estimate of drug-likeness (QED) is 0.742. The Balaban J connectivity index is 2.65. The van der Waals surface area contributed by atoms with Gasteiger partial charge in [-0.25, -0.2) is 0 Å². The standard InChI is InChI=1S/C9H11N3O/c1-7(4-10)13-9-3-2-8(5-11)12-6-9/h2-3,6-7H,5,11H2,1H3. The molecule has 0 saturated carbocycles. The molecule has 0 bridgehead atoms. The molecule has 4 heteroatoms. The highest BCUT2D eigenvalue weighted by Gasteiger charge is 2.01. The highest BCUT2D eigenvalue weighted by atomic mass is 16.5. The van der Waals surface area contributed by atoms with E-state index in [-0.39, 0.29) is 0 Å². The smallest absolute Gasteiger partial charge is 0.181 e. The third-order valence-corrected chi connectivity index (χ3v) is 1.50. The van der Waals surface area contributed by atoms with Gasteiger partial charge in [0.1, 0.15) is 11.8 Å². The first-order valence-corrected chi connectivity index (χ1v) is 3.97. The highest BCUT2D eigenvalue weighted by molar-refractivity contribution is 5.20. The van der Waals surface area contributed by atoms with Crippen LogP contribution in [0.15, 0.2) is 18.3 Å². The molecule has 0 saturated heterocycles. The Bertz CT molecular complexity index is 302. The van der Waals surface area contributed by atoms with Gasteiger partial charge in [0.05, 0.1) is 11.9 Å². The van der Waals surface area contributed by atoms with Crippen LogP contribution in [-0.2, 0) is 6.54 Å². The maximum atomic E-state index is 8.48. The van der Waals surface area contributed by atoms with Gasteiger partial charge < -0.3 is 10.5 Å². The van der Waals surface area contributed by atoms with Crippen LogP contribution in [0, 0.1) is 11.3 Å². The number of nitrogens with two attached hydrogens (primary N) is 1. The van der Waals surface area contributed by atoms with Crippen molar-refractivity contribution >= 4 is 0 Å². The number of ether oxygens (including phenoxy) is 1. The molecule has 0 aliphatic heterocycles. The number of hydrogen-bond donors (Lipinski definition) is 1. The van der Waals surface area contributed by atoms with E-state index in [9.17, 15) is 0 Å². The minimum Gasteiger partial charge on any atom is -0.474 e. The zero-order valence-corrected chi connectivity index (χ0v) is 7.40. The van der Waals surface area contributed by atoms with Crippen molar-refractivity contribution < 1.29 is 4.74 Å². The lowest BCUT2D eigenvalue weighted by Gasteiger charge is -2.06. The Hall–Kier alpha value is -1.60. The Labute approximate surface area is 77.0 Å². The van der Waals surface area contributed by atoms with Gasteiger partial charge >= 0.3 is 0 Å². The largest absolute Gasteiger partial charge is 0.474 e. The van der Waals surface area contributed by atoms with Crippen LogP contribution in [0.25, 0.3) is 0 Å². The summed E-state index contributed by atoms with van der Waals surface area (Å²) in [6.45, 7) is 2.09. The molecule has 0 amide bonds. The first kappa shape index (κ1) is 9.49. The van der Waals surface area contributed by atoms with Crippen LogP contribution >= 0.6 is 0 Å². The lowest BCUT2D eigenvalue weighted by atomic mass is 10.3. The molecule has 1 unspecified atom stereocenters. The van der Waals surface area contributed by atoms with Crippen molar-refractivity contribution in [3.8, 4) is 11.8 Å². The van der Waals surface area contributed by atoms with E-state index >= 15 is 0 Å². The van der Waals surface area contributed by atoms with E-state index in [1.807, 2.05) is 6.07 Å². The highest BCUT2D eigenvalue weighted by Crippen LogP contribution is 2.10. The summed E-state index contributed by atoms with van der Waals surface area (Å²) in [5.74, 6) is 0.589. The Kier molecular flexibility index (Phi) is 3.23. The summed E-state index contributed by atoms with van der Waals surface area (Å²) in [4.78, 5) is 4.03. The number of rotatable bonds is 3. The minimum atomic E-state index is -0.453. The first-order chi connectivity index (χ1) is 6.26. The Morgan fingerprint density at radius 3 is 2.92 bits per heavy atom. The van der Waals surface area contributed by atoms with Crippen LogP contribution in [0.5, 0.6) is 5.75 Å². The van der Waals surface area contributed by atoms with E-state index in [4.69, 9.17) is 15.7 Å². The minimum absolute atomic E-state index is 0.411. The zero-order valence-electron chi connectivity index (χ0n) is 7.40. The predicted octanol–water partition coefficient (Wildman–Crippen LogP) is 0.831. The van der Waals surface area contributed by atoms with Gasteiger partial charge in [-0.2, -0.15) is 5.26 Å². The van der Waals surface area contributed by atoms with E-state index < -0.39 is 6.10 Å². The van der Waals surface area contributed by atoms with Crippen LogP contribution < -0.4 is 10.5 Å². The van der Waals surface area contributed by atoms with E-state index in [0.29, 0.717) is 12.3 Å². The summed E-state index contributed by atoms with van der Waals surface area (Å²) in [6, 6.07) is 5.50. The van der Waals surface area contributed by atoms with Crippen molar-refractivity contribution in [3.05, 3.63) is 24.0 Å². The molecule has 2 N–H and O–H groups in total. The number of nitriles is 1. The molecule has 1 heterocycles. The van der Waals surface area contributed by atoms with Crippen molar-refractivity contribution in [1.29, 1.82) is 5.26 Å². The summed E-state index contributed by atoms with van der Waals surface area (Å²) < 4.78 is 5.20. The molecule has 4 nitrogen and oxygen atoms in total. The fraction of sp³-hybridized carbons (Fsp3) is 0.333. The Morgan fingerprint density at radius 1 is 1.69 bits per heavy atom. The molecule has 0 aliphatic carbocycles. The van der Waals surface area contributed by atoms with Gasteiger partial charge in [0.15, 0.2) is 6.10 Å². The van der Waals surface area contributed by atoms with Crippen LogP contribution in [0.1, 0.15) is 12.6 Å². The number of aromatic nitrogens is 1. The average Bonchev–Trinajstić information content (AvgIpc) is 2.19. The maximum absolute atomic E-state index is 8.48. The van der Waals surface area contributed by atoms with E-state index in [2.05, 4.69) is 4.98 Å². The van der Waals surface area contributed by atoms with Crippen molar-refractivity contribution in [2.24, 2.45) is 5.73 Å². The van der Waals surface area contributed by atoms with Gasteiger partial charge in [0.25, 0.3) is 0 Å². The summed E-state index contributed by atoms with van der Waals surface area (Å²) >= 11 is 0. The fourth-order valence-corrected chi connectivity index (χ4v) is 0.832. The molecule has 68 valence electrons. The second kappa shape index (κ2) is 4.43. The molecule has 0 spiro atoms. The van der Waals surface area contributed by atoms with Crippen molar-refractivity contribution in [1.82, 2.24) is 4.98 Å². The van der Waals surface area contributed by atoms with Crippen LogP contribution in [-0.4, -0.2) is 11.1 Å². The lowest BCUT2D eigenvalue weighted by molar-refractivity contribution is 0.275. The molecule has 0 aromatic carbocycles. The van der Waals surface area contributed by atoms with Gasteiger partial charge in [0, 0.05) is 6.54 Å². The summed E-state index contributed by atoms with van der Waals surface area (Å²) in [7, 11) is 0. The normalized spacial score (nSPS) is 11.8. The Morgan fingerprint density at radius 2 is 2.46 bits per heavy atom. The van der Waals surface area contributed by atoms with E-state index in [1.165, 1.54) is 0 Å². The molecule has 1 aromatic heterocycles. The van der Waals surface area contributed by atoms with Crippen LogP contribution in [0.3, 0.4) is 0 Å². The van der Waals surface area contributed by atoms with Gasteiger partial charge in [-0.3, -0.25) is 4.98 Å². The SMILES string of the molecule is CC(C#N)Oc1ccc(CN)nc1. The second-order valence-corrected chi connectivity index (χ2v) is 2.58. The molecule has 0 radical (unpaired) electrons. The van der Waals surface area contributed by atoms with Gasteiger partial charge in [0.2, 0.25) is 0 Å². The van der Waals surface area contributed by atoms with Crippen molar-refractivity contribution in [2.45, 2.75) is 19.6 Å². The lowest BCUT2D eigenvalue weighted by Crippen LogP contribution is -2.08. The van der Waals surface area contributed by atoms with Gasteiger partial charge in [-0.05, 0) is 19.1 Å². The summed E-state index contributed by atoms with van der Waals surface area (Å²) in [5, 5.41) is 8.48. The van der Waals surface area contributed by atoms with E-state index in [0.717, 1.165) is 5.69 Å². The van der Waals surface area contributed by atoms with Crippen molar-refractivity contribution in [2.75, 3.05) is 0 Å². The average molecular weight is 177 g/mol. The third-order valence-electron chi connectivity index (χ3n) is 1.50. The number of nitrogens with zero attached hydrogens (tertiary/aromatic N) is 2. The molecular weight excluding hydrogens is 166 g/mol. The molecule has 1 rings (SSSR count). The monoisotopic (exact) mass is 177 g/mol. The number of pyridine rings is 1. The maximum Gasteiger partial charge on any atom is 0.181 e. The van der Waals surface area contributed by atoms with E-state index in [1.54, 1.807) is 25.3 Å². The predicted molar refractivity (Wildman–Crippen MR) is 47.8 cm³/mol. The molecular formula is C9H11N3O. The third kappa shape index (κ3) is 2.73. The fourth-order valence-electron chi connectivity index (χ4n) is 0.832. The van der Waals surface area contributed by atoms with Gasteiger partial charge in [-0.1, -0.05) is 0 Å². The zero-order chi connectivity index (χ0) is 9.68. The molecule has 13 heavy (non-hydrogen) atoms. The molecule has 0 fully saturated rings. The number of hydrogen-bond acceptors (Lipinski definition) is 4. The molecule has 1 atom stereocenters. The molecule has 0 aliphatic rings. The van der Waals surface area contributed by atoms with Gasteiger partial charge in [-0.15, -0.1) is 0 Å². The topological polar surface area (TPSA) is 71.9 Å². The second-order valence-electron chi connectivity index (χ2n) is 2.58. The first-order valence-electron chi connectivity index (χ1n) is 3.97. The molecule has 1 aromatic rings. The van der Waals surface area contributed by atoms with Crippen LogP contribution in [0.2, 0.25) is 0 Å². The summed E-state index contributed by atoms with van der Waals surface area (Å²) in [5.41, 5.74) is 6.17. The summed E-state index contributed by atoms with van der Waals surface area (Å²) in [6.07, 6.45) is 1.11. The van der Waals surface area contributed by atoms with Crippen LogP contribution in [0.4, 0.5) is 0 Å².